The summed E-state index contributed by atoms with van der Waals surface area (Å²) >= 11 is 1.87. The largest absolute Gasteiger partial charge is 0.490 e. The summed E-state index contributed by atoms with van der Waals surface area (Å²) in [5.74, 6) is 3.04. The number of carbonyl (C=O) groups excluding carboxylic acids is 2. The zero-order chi connectivity index (χ0) is 20.2. The van der Waals surface area contributed by atoms with Gasteiger partial charge in [-0.05, 0) is 48.9 Å². The summed E-state index contributed by atoms with van der Waals surface area (Å²) in [6, 6.07) is 10.6. The second kappa shape index (κ2) is 8.78. The molecule has 2 aromatic rings. The van der Waals surface area contributed by atoms with Crippen LogP contribution in [0, 0.1) is 6.92 Å². The van der Waals surface area contributed by atoms with Crippen LogP contribution < -0.4 is 14.8 Å². The number of ether oxygens (including phenoxy) is 2. The van der Waals surface area contributed by atoms with Crippen molar-refractivity contribution in [3.63, 3.8) is 0 Å². The van der Waals surface area contributed by atoms with Gasteiger partial charge in [-0.15, -0.1) is 0 Å². The molecule has 6 nitrogen and oxygen atoms in total. The van der Waals surface area contributed by atoms with Gasteiger partial charge in [0.15, 0.2) is 11.5 Å². The number of rotatable bonds is 3. The minimum Gasteiger partial charge on any atom is -0.490 e. The molecule has 0 atom stereocenters. The summed E-state index contributed by atoms with van der Waals surface area (Å²) in [7, 11) is 0. The summed E-state index contributed by atoms with van der Waals surface area (Å²) in [6.07, 6.45) is 0.816. The summed E-state index contributed by atoms with van der Waals surface area (Å²) < 4.78 is 11.3. The van der Waals surface area contributed by atoms with Gasteiger partial charge < -0.3 is 19.7 Å². The third-order valence-electron chi connectivity index (χ3n) is 5.03. The lowest BCUT2D eigenvalue weighted by Crippen LogP contribution is -2.37. The maximum absolute atomic E-state index is 12.7. The third kappa shape index (κ3) is 4.50. The molecule has 2 aliphatic rings. The Balaban J connectivity index is 1.47. The fourth-order valence-corrected chi connectivity index (χ4v) is 4.29. The van der Waals surface area contributed by atoms with Crippen molar-refractivity contribution in [1.82, 2.24) is 4.90 Å². The Morgan fingerprint density at radius 2 is 1.69 bits per heavy atom. The molecule has 1 N–H and O–H groups in total. The number of fused-ring (bicyclic) bond motifs is 1. The fourth-order valence-electron chi connectivity index (χ4n) is 3.38. The van der Waals surface area contributed by atoms with Gasteiger partial charge in [-0.3, -0.25) is 9.59 Å². The van der Waals surface area contributed by atoms with Gasteiger partial charge in [0.1, 0.15) is 0 Å². The van der Waals surface area contributed by atoms with Gasteiger partial charge in [-0.2, -0.15) is 11.8 Å². The number of thioether (sulfide) groups is 1. The van der Waals surface area contributed by atoms with Crippen LogP contribution in [0.15, 0.2) is 36.4 Å². The molecule has 0 spiro atoms. The molecule has 0 radical (unpaired) electrons. The van der Waals surface area contributed by atoms with Crippen molar-refractivity contribution in [2.45, 2.75) is 13.3 Å². The normalized spacial score (nSPS) is 16.1. The van der Waals surface area contributed by atoms with Crippen LogP contribution in [0.25, 0.3) is 0 Å². The maximum atomic E-state index is 12.7. The maximum Gasteiger partial charge on any atom is 0.255 e. The number of carbonyl (C=O) groups is 2. The quantitative estimate of drug-likeness (QED) is 0.834. The Bertz CT molecular complexity index is 925. The topological polar surface area (TPSA) is 67.9 Å². The van der Waals surface area contributed by atoms with Gasteiger partial charge in [-0.1, -0.05) is 0 Å². The van der Waals surface area contributed by atoms with E-state index in [1.165, 1.54) is 0 Å². The van der Waals surface area contributed by atoms with Gasteiger partial charge in [-0.25, -0.2) is 0 Å². The van der Waals surface area contributed by atoms with Crippen molar-refractivity contribution >= 4 is 29.3 Å². The zero-order valence-corrected chi connectivity index (χ0v) is 17.2. The Labute approximate surface area is 174 Å². The van der Waals surface area contributed by atoms with Crippen LogP contribution in [-0.4, -0.2) is 54.5 Å². The van der Waals surface area contributed by atoms with Crippen molar-refractivity contribution in [2.24, 2.45) is 0 Å². The van der Waals surface area contributed by atoms with E-state index in [0.29, 0.717) is 41.5 Å². The van der Waals surface area contributed by atoms with E-state index in [4.69, 9.17) is 9.47 Å². The smallest absolute Gasteiger partial charge is 0.255 e. The SMILES string of the molecule is Cc1cc(C(=O)N2CCSCC2)ccc1NC(=O)c1ccc2c(c1)OCCCO2. The molecule has 2 heterocycles. The average molecular weight is 413 g/mol. The minimum atomic E-state index is -0.226. The monoisotopic (exact) mass is 412 g/mol. The first-order chi connectivity index (χ1) is 14.1. The van der Waals surface area contributed by atoms with Crippen LogP contribution in [0.4, 0.5) is 5.69 Å². The summed E-state index contributed by atoms with van der Waals surface area (Å²) in [5, 5.41) is 2.93. The summed E-state index contributed by atoms with van der Waals surface area (Å²) in [6.45, 7) is 4.64. The van der Waals surface area contributed by atoms with Gasteiger partial charge in [0, 0.05) is 47.8 Å². The Kier molecular flexibility index (Phi) is 5.94. The number of nitrogens with zero attached hydrogens (tertiary/aromatic N) is 1. The highest BCUT2D eigenvalue weighted by molar-refractivity contribution is 7.99. The molecule has 152 valence electrons. The van der Waals surface area contributed by atoms with Gasteiger partial charge in [0.05, 0.1) is 13.2 Å². The number of aryl methyl sites for hydroxylation is 1. The molecular weight excluding hydrogens is 388 g/mol. The molecule has 7 heteroatoms. The Hall–Kier alpha value is -2.67. The predicted molar refractivity (Wildman–Crippen MR) is 114 cm³/mol. The van der Waals surface area contributed by atoms with Crippen LogP contribution >= 0.6 is 11.8 Å². The van der Waals surface area contributed by atoms with Crippen LogP contribution in [0.5, 0.6) is 11.5 Å². The molecule has 2 aliphatic heterocycles. The number of amides is 2. The van der Waals surface area contributed by atoms with E-state index in [2.05, 4.69) is 5.32 Å². The fraction of sp³-hybridized carbons (Fsp3) is 0.364. The highest BCUT2D eigenvalue weighted by atomic mass is 32.2. The molecule has 0 unspecified atom stereocenters. The van der Waals surface area contributed by atoms with E-state index >= 15 is 0 Å². The minimum absolute atomic E-state index is 0.0502. The lowest BCUT2D eigenvalue weighted by atomic mass is 10.1. The molecule has 0 aliphatic carbocycles. The first-order valence-corrected chi connectivity index (χ1v) is 11.0. The van der Waals surface area contributed by atoms with Crippen molar-refractivity contribution in [3.8, 4) is 11.5 Å². The van der Waals surface area contributed by atoms with Crippen molar-refractivity contribution in [3.05, 3.63) is 53.1 Å². The lowest BCUT2D eigenvalue weighted by Gasteiger charge is -2.26. The summed E-state index contributed by atoms with van der Waals surface area (Å²) in [5.41, 5.74) is 2.69. The molecule has 29 heavy (non-hydrogen) atoms. The van der Waals surface area contributed by atoms with E-state index in [1.54, 1.807) is 30.3 Å². The Morgan fingerprint density at radius 3 is 2.45 bits per heavy atom. The highest BCUT2D eigenvalue weighted by Crippen LogP contribution is 2.31. The first kappa shape index (κ1) is 19.6. The second-order valence-corrected chi connectivity index (χ2v) is 8.33. The molecule has 0 bridgehead atoms. The molecule has 0 aromatic heterocycles. The number of nitrogens with one attached hydrogen (secondary N) is 1. The van der Waals surface area contributed by atoms with Gasteiger partial charge in [0.25, 0.3) is 11.8 Å². The second-order valence-electron chi connectivity index (χ2n) is 7.10. The molecule has 2 amide bonds. The standard InChI is InChI=1S/C22H24N2O4S/c1-15-13-17(22(26)24-7-11-29-12-8-24)3-5-18(15)23-21(25)16-4-6-19-20(14-16)28-10-2-9-27-19/h3-6,13-14H,2,7-12H2,1H3,(H,23,25). The summed E-state index contributed by atoms with van der Waals surface area (Å²) in [4.78, 5) is 27.3. The molecular formula is C22H24N2O4S. The van der Waals surface area contributed by atoms with Crippen molar-refractivity contribution < 1.29 is 19.1 Å². The van der Waals surface area contributed by atoms with Crippen LogP contribution in [-0.2, 0) is 0 Å². The van der Waals surface area contributed by atoms with E-state index in [1.807, 2.05) is 29.7 Å². The molecule has 2 aromatic carbocycles. The molecule has 0 saturated carbocycles. The lowest BCUT2D eigenvalue weighted by molar-refractivity contribution is 0.0772. The number of hydrogen-bond donors (Lipinski definition) is 1. The Morgan fingerprint density at radius 1 is 0.966 bits per heavy atom. The molecule has 1 saturated heterocycles. The van der Waals surface area contributed by atoms with Crippen molar-refractivity contribution in [1.29, 1.82) is 0 Å². The highest BCUT2D eigenvalue weighted by Gasteiger charge is 2.19. The van der Waals surface area contributed by atoms with E-state index in [-0.39, 0.29) is 11.8 Å². The number of benzene rings is 2. The number of anilines is 1. The first-order valence-electron chi connectivity index (χ1n) is 9.80. The van der Waals surface area contributed by atoms with Crippen LogP contribution in [0.2, 0.25) is 0 Å². The van der Waals surface area contributed by atoms with E-state index in [0.717, 1.165) is 36.6 Å². The van der Waals surface area contributed by atoms with Crippen LogP contribution in [0.1, 0.15) is 32.7 Å². The number of hydrogen-bond acceptors (Lipinski definition) is 5. The molecule has 1 fully saturated rings. The van der Waals surface area contributed by atoms with Crippen LogP contribution in [0.3, 0.4) is 0 Å². The average Bonchev–Trinajstić information content (AvgIpc) is 3.00. The van der Waals surface area contributed by atoms with E-state index in [9.17, 15) is 9.59 Å². The zero-order valence-electron chi connectivity index (χ0n) is 16.4. The van der Waals surface area contributed by atoms with Crippen molar-refractivity contribution in [2.75, 3.05) is 43.1 Å². The molecule has 4 rings (SSSR count). The van der Waals surface area contributed by atoms with E-state index < -0.39 is 0 Å². The predicted octanol–water partition coefficient (Wildman–Crippen LogP) is 3.60. The van der Waals surface area contributed by atoms with Gasteiger partial charge in [0.2, 0.25) is 0 Å². The van der Waals surface area contributed by atoms with Gasteiger partial charge >= 0.3 is 0 Å². The third-order valence-corrected chi connectivity index (χ3v) is 5.97.